The Morgan fingerprint density at radius 2 is 1.85 bits per heavy atom. The van der Waals surface area contributed by atoms with Gasteiger partial charge in [-0.2, -0.15) is 0 Å². The molecular formula is C10H16N2O. The maximum Gasteiger partial charge on any atom is 0.0550 e. The van der Waals surface area contributed by atoms with Crippen LogP contribution in [0.15, 0.2) is 18.2 Å². The highest BCUT2D eigenvalue weighted by atomic mass is 16.3. The highest BCUT2D eigenvalue weighted by Crippen LogP contribution is 2.26. The third-order valence-corrected chi connectivity index (χ3v) is 2.26. The van der Waals surface area contributed by atoms with Crippen molar-refractivity contribution in [2.45, 2.75) is 19.3 Å². The molecule has 0 unspecified atom stereocenters. The Bertz CT molecular complexity index is 308. The molecule has 0 heterocycles. The standard InChI is InChI=1S/C10H16N2O/c1-10(2,6-13)7-3-4-8(11)9(12)5-7/h3-5,13H,6,11-12H2,1-2H3. The third-order valence-electron chi connectivity index (χ3n) is 2.26. The molecule has 0 bridgehead atoms. The zero-order valence-electron chi connectivity index (χ0n) is 8.04. The number of nitrogens with two attached hydrogens (primary N) is 2. The number of nitrogen functional groups attached to an aromatic ring is 2. The van der Waals surface area contributed by atoms with E-state index in [1.165, 1.54) is 0 Å². The van der Waals surface area contributed by atoms with Gasteiger partial charge in [0.1, 0.15) is 0 Å². The van der Waals surface area contributed by atoms with Crippen molar-refractivity contribution < 1.29 is 5.11 Å². The van der Waals surface area contributed by atoms with Gasteiger partial charge in [-0.25, -0.2) is 0 Å². The lowest BCUT2D eigenvalue weighted by molar-refractivity contribution is 0.218. The van der Waals surface area contributed by atoms with E-state index in [0.717, 1.165) is 5.56 Å². The smallest absolute Gasteiger partial charge is 0.0550 e. The molecule has 72 valence electrons. The molecule has 1 aromatic carbocycles. The van der Waals surface area contributed by atoms with E-state index in [9.17, 15) is 0 Å². The molecule has 0 aliphatic rings. The number of benzene rings is 1. The first-order valence-corrected chi connectivity index (χ1v) is 4.24. The van der Waals surface area contributed by atoms with Gasteiger partial charge in [-0.3, -0.25) is 0 Å². The average molecular weight is 180 g/mol. The zero-order valence-corrected chi connectivity index (χ0v) is 8.04. The maximum atomic E-state index is 9.14. The van der Waals surface area contributed by atoms with Crippen molar-refractivity contribution in [3.8, 4) is 0 Å². The minimum atomic E-state index is -0.262. The first-order valence-electron chi connectivity index (χ1n) is 4.24. The predicted octanol–water partition coefficient (Wildman–Crippen LogP) is 1.12. The van der Waals surface area contributed by atoms with E-state index in [0.29, 0.717) is 11.4 Å². The highest BCUT2D eigenvalue weighted by Gasteiger charge is 2.19. The first kappa shape index (κ1) is 9.86. The largest absolute Gasteiger partial charge is 0.397 e. The molecule has 1 rings (SSSR count). The van der Waals surface area contributed by atoms with Crippen molar-refractivity contribution >= 4 is 11.4 Å². The lowest BCUT2D eigenvalue weighted by Crippen LogP contribution is -2.22. The summed E-state index contributed by atoms with van der Waals surface area (Å²) in [5, 5.41) is 9.14. The van der Waals surface area contributed by atoms with E-state index in [2.05, 4.69) is 0 Å². The lowest BCUT2D eigenvalue weighted by Gasteiger charge is -2.22. The van der Waals surface area contributed by atoms with Gasteiger partial charge in [-0.05, 0) is 17.7 Å². The fraction of sp³-hybridized carbons (Fsp3) is 0.400. The normalized spacial score (nSPS) is 11.6. The monoisotopic (exact) mass is 180 g/mol. The van der Waals surface area contributed by atoms with Crippen LogP contribution in [0, 0.1) is 0 Å². The fourth-order valence-electron chi connectivity index (χ4n) is 1.09. The van der Waals surface area contributed by atoms with Crippen molar-refractivity contribution in [3.63, 3.8) is 0 Å². The van der Waals surface area contributed by atoms with Crippen molar-refractivity contribution in [1.29, 1.82) is 0 Å². The first-order chi connectivity index (χ1) is 5.97. The van der Waals surface area contributed by atoms with Crippen LogP contribution in [0.5, 0.6) is 0 Å². The summed E-state index contributed by atoms with van der Waals surface area (Å²) >= 11 is 0. The van der Waals surface area contributed by atoms with Gasteiger partial charge in [0.25, 0.3) is 0 Å². The Kier molecular flexibility index (Phi) is 2.48. The van der Waals surface area contributed by atoms with Gasteiger partial charge in [-0.1, -0.05) is 19.9 Å². The van der Waals surface area contributed by atoms with E-state index in [1.54, 1.807) is 6.07 Å². The predicted molar refractivity (Wildman–Crippen MR) is 55.4 cm³/mol. The molecule has 0 aromatic heterocycles. The van der Waals surface area contributed by atoms with Crippen molar-refractivity contribution in [2.75, 3.05) is 18.1 Å². The zero-order chi connectivity index (χ0) is 10.1. The summed E-state index contributed by atoms with van der Waals surface area (Å²) in [6.07, 6.45) is 0. The quantitative estimate of drug-likeness (QED) is 0.597. The number of anilines is 2. The van der Waals surface area contributed by atoms with E-state index in [-0.39, 0.29) is 12.0 Å². The van der Waals surface area contributed by atoms with Crippen LogP contribution in [0.1, 0.15) is 19.4 Å². The van der Waals surface area contributed by atoms with Gasteiger partial charge in [0.15, 0.2) is 0 Å². The maximum absolute atomic E-state index is 9.14. The van der Waals surface area contributed by atoms with Gasteiger partial charge < -0.3 is 16.6 Å². The number of hydrogen-bond acceptors (Lipinski definition) is 3. The molecule has 5 N–H and O–H groups in total. The van der Waals surface area contributed by atoms with E-state index in [4.69, 9.17) is 16.6 Å². The molecule has 0 fully saturated rings. The molecule has 3 heteroatoms. The minimum absolute atomic E-state index is 0.0936. The second-order valence-electron chi connectivity index (χ2n) is 3.89. The Labute approximate surface area is 78.4 Å². The molecule has 0 amide bonds. The molecule has 0 saturated carbocycles. The topological polar surface area (TPSA) is 72.3 Å². The molecule has 0 radical (unpaired) electrons. The summed E-state index contributed by atoms with van der Waals surface area (Å²) in [5.41, 5.74) is 13.1. The Hall–Kier alpha value is -1.22. The van der Waals surface area contributed by atoms with Gasteiger partial charge >= 0.3 is 0 Å². The molecule has 0 saturated heterocycles. The van der Waals surface area contributed by atoms with Crippen LogP contribution in [0.2, 0.25) is 0 Å². The lowest BCUT2D eigenvalue weighted by atomic mass is 9.85. The fourth-order valence-corrected chi connectivity index (χ4v) is 1.09. The molecular weight excluding hydrogens is 164 g/mol. The third kappa shape index (κ3) is 1.92. The molecule has 13 heavy (non-hydrogen) atoms. The van der Waals surface area contributed by atoms with Crippen LogP contribution >= 0.6 is 0 Å². The molecule has 0 aliphatic heterocycles. The van der Waals surface area contributed by atoms with Crippen LogP contribution in [-0.4, -0.2) is 11.7 Å². The van der Waals surface area contributed by atoms with E-state index in [1.807, 2.05) is 26.0 Å². The summed E-state index contributed by atoms with van der Waals surface area (Å²) in [6, 6.07) is 5.47. The molecule has 1 aromatic rings. The minimum Gasteiger partial charge on any atom is -0.397 e. The Morgan fingerprint density at radius 3 is 2.31 bits per heavy atom. The van der Waals surface area contributed by atoms with Gasteiger partial charge in [-0.15, -0.1) is 0 Å². The molecule has 3 nitrogen and oxygen atoms in total. The number of rotatable bonds is 2. The summed E-state index contributed by atoms with van der Waals surface area (Å²) < 4.78 is 0. The summed E-state index contributed by atoms with van der Waals surface area (Å²) in [4.78, 5) is 0. The van der Waals surface area contributed by atoms with Gasteiger partial charge in [0.2, 0.25) is 0 Å². The van der Waals surface area contributed by atoms with Crippen LogP contribution in [0.3, 0.4) is 0 Å². The van der Waals surface area contributed by atoms with Crippen molar-refractivity contribution in [1.82, 2.24) is 0 Å². The molecule has 0 spiro atoms. The SMILES string of the molecule is CC(C)(CO)c1ccc(N)c(N)c1. The van der Waals surface area contributed by atoms with Crippen LogP contribution in [-0.2, 0) is 5.41 Å². The van der Waals surface area contributed by atoms with Crippen LogP contribution in [0.25, 0.3) is 0 Å². The van der Waals surface area contributed by atoms with Crippen molar-refractivity contribution in [2.24, 2.45) is 0 Å². The van der Waals surface area contributed by atoms with Crippen LogP contribution in [0.4, 0.5) is 11.4 Å². The van der Waals surface area contributed by atoms with Crippen LogP contribution < -0.4 is 11.5 Å². The molecule has 0 aliphatic carbocycles. The second-order valence-corrected chi connectivity index (χ2v) is 3.89. The summed E-state index contributed by atoms with van der Waals surface area (Å²) in [7, 11) is 0. The second kappa shape index (κ2) is 3.26. The van der Waals surface area contributed by atoms with Gasteiger partial charge in [0.05, 0.1) is 18.0 Å². The summed E-state index contributed by atoms with van der Waals surface area (Å²) in [6.45, 7) is 4.01. The Morgan fingerprint density at radius 1 is 1.23 bits per heavy atom. The average Bonchev–Trinajstić information content (AvgIpc) is 2.09. The Balaban J connectivity index is 3.10. The summed E-state index contributed by atoms with van der Waals surface area (Å²) in [5.74, 6) is 0. The van der Waals surface area contributed by atoms with E-state index >= 15 is 0 Å². The highest BCUT2D eigenvalue weighted by molar-refractivity contribution is 5.64. The number of aliphatic hydroxyl groups is 1. The van der Waals surface area contributed by atoms with Crippen molar-refractivity contribution in [3.05, 3.63) is 23.8 Å². The number of hydrogen-bond donors (Lipinski definition) is 3. The molecule has 0 atom stereocenters. The number of aliphatic hydroxyl groups excluding tert-OH is 1. The van der Waals surface area contributed by atoms with E-state index < -0.39 is 0 Å². The van der Waals surface area contributed by atoms with Gasteiger partial charge in [0, 0.05) is 5.41 Å².